The second-order valence-corrected chi connectivity index (χ2v) is 6.15. The zero-order valence-corrected chi connectivity index (χ0v) is 11.8. The van der Waals surface area contributed by atoms with Crippen molar-refractivity contribution in [3.8, 4) is 0 Å². The average Bonchev–Trinajstić information content (AvgIpc) is 2.82. The standard InChI is InChI=1S/C15H20ClFN2/c16-12-6-11(7-13(17)8-12)10-18-14-3-5-19-4-1-2-15(19)9-14/h6-8,14-15,18H,1-5,9-10H2. The van der Waals surface area contributed by atoms with E-state index in [1.54, 1.807) is 6.07 Å². The lowest BCUT2D eigenvalue weighted by Crippen LogP contribution is -2.45. The summed E-state index contributed by atoms with van der Waals surface area (Å²) in [5.74, 6) is -0.255. The van der Waals surface area contributed by atoms with Crippen LogP contribution in [-0.4, -0.2) is 30.1 Å². The number of hydrogen-bond donors (Lipinski definition) is 1. The molecule has 2 unspecified atom stereocenters. The first-order valence-corrected chi connectivity index (χ1v) is 7.51. The first kappa shape index (κ1) is 13.3. The molecule has 2 saturated heterocycles. The molecule has 0 aliphatic carbocycles. The van der Waals surface area contributed by atoms with Gasteiger partial charge in [-0.1, -0.05) is 11.6 Å². The van der Waals surface area contributed by atoms with Crippen LogP contribution in [0.25, 0.3) is 0 Å². The molecule has 3 rings (SSSR count). The number of halogens is 2. The van der Waals surface area contributed by atoms with E-state index in [-0.39, 0.29) is 5.82 Å². The number of rotatable bonds is 3. The third kappa shape index (κ3) is 3.28. The molecule has 0 radical (unpaired) electrons. The van der Waals surface area contributed by atoms with E-state index in [9.17, 15) is 4.39 Å². The molecule has 2 atom stereocenters. The van der Waals surface area contributed by atoms with E-state index < -0.39 is 0 Å². The maximum Gasteiger partial charge on any atom is 0.125 e. The SMILES string of the molecule is Fc1cc(Cl)cc(CNC2CCN3CCCC3C2)c1. The van der Waals surface area contributed by atoms with Gasteiger partial charge in [-0.3, -0.25) is 0 Å². The molecular weight excluding hydrogens is 263 g/mol. The minimum absolute atomic E-state index is 0.255. The van der Waals surface area contributed by atoms with E-state index in [0.717, 1.165) is 11.6 Å². The summed E-state index contributed by atoms with van der Waals surface area (Å²) in [6, 6.07) is 6.07. The molecule has 2 heterocycles. The van der Waals surface area contributed by atoms with Gasteiger partial charge in [-0.15, -0.1) is 0 Å². The van der Waals surface area contributed by atoms with E-state index in [0.29, 0.717) is 17.6 Å². The first-order chi connectivity index (χ1) is 9.20. The summed E-state index contributed by atoms with van der Waals surface area (Å²) in [6.07, 6.45) is 5.10. The molecule has 0 saturated carbocycles. The molecule has 2 fully saturated rings. The van der Waals surface area contributed by atoms with E-state index >= 15 is 0 Å². The van der Waals surface area contributed by atoms with Crippen molar-refractivity contribution in [2.45, 2.75) is 44.3 Å². The van der Waals surface area contributed by atoms with Gasteiger partial charge in [0.1, 0.15) is 5.82 Å². The Labute approximate surface area is 118 Å². The van der Waals surface area contributed by atoms with Gasteiger partial charge in [-0.25, -0.2) is 4.39 Å². The normalized spacial score (nSPS) is 27.5. The second kappa shape index (κ2) is 5.78. The van der Waals surface area contributed by atoms with Crippen molar-refractivity contribution in [2.75, 3.05) is 13.1 Å². The van der Waals surface area contributed by atoms with E-state index in [2.05, 4.69) is 10.2 Å². The Hall–Kier alpha value is -0.640. The van der Waals surface area contributed by atoms with Crippen molar-refractivity contribution >= 4 is 11.6 Å². The van der Waals surface area contributed by atoms with Gasteiger partial charge in [0.2, 0.25) is 0 Å². The van der Waals surface area contributed by atoms with Crippen LogP contribution in [0.2, 0.25) is 5.02 Å². The van der Waals surface area contributed by atoms with Crippen LogP contribution in [0.1, 0.15) is 31.2 Å². The fourth-order valence-electron chi connectivity index (χ4n) is 3.38. The van der Waals surface area contributed by atoms with Gasteiger partial charge >= 0.3 is 0 Å². The molecule has 0 spiro atoms. The molecule has 4 heteroatoms. The van der Waals surface area contributed by atoms with Gasteiger partial charge in [-0.2, -0.15) is 0 Å². The maximum absolute atomic E-state index is 13.3. The summed E-state index contributed by atoms with van der Waals surface area (Å²) in [4.78, 5) is 2.61. The number of nitrogens with one attached hydrogen (secondary N) is 1. The van der Waals surface area contributed by atoms with Crippen molar-refractivity contribution < 1.29 is 4.39 Å². The van der Waals surface area contributed by atoms with Crippen LogP contribution in [0.5, 0.6) is 0 Å². The predicted molar refractivity (Wildman–Crippen MR) is 75.9 cm³/mol. The minimum atomic E-state index is -0.255. The first-order valence-electron chi connectivity index (χ1n) is 7.13. The molecule has 104 valence electrons. The quantitative estimate of drug-likeness (QED) is 0.916. The Balaban J connectivity index is 1.54. The van der Waals surface area contributed by atoms with Gasteiger partial charge < -0.3 is 10.2 Å². The maximum atomic E-state index is 13.3. The number of hydrogen-bond acceptors (Lipinski definition) is 2. The molecule has 1 N–H and O–H groups in total. The Bertz CT molecular complexity index is 432. The largest absolute Gasteiger partial charge is 0.310 e. The number of fused-ring (bicyclic) bond motifs is 1. The molecule has 0 amide bonds. The van der Waals surface area contributed by atoms with Gasteiger partial charge in [0.15, 0.2) is 0 Å². The summed E-state index contributed by atoms with van der Waals surface area (Å²) >= 11 is 5.87. The Morgan fingerprint density at radius 2 is 2.16 bits per heavy atom. The Kier molecular flexibility index (Phi) is 4.06. The monoisotopic (exact) mass is 282 g/mol. The molecule has 1 aromatic carbocycles. The van der Waals surface area contributed by atoms with E-state index in [1.807, 2.05) is 6.07 Å². The lowest BCUT2D eigenvalue weighted by Gasteiger charge is -2.35. The third-order valence-electron chi connectivity index (χ3n) is 4.34. The van der Waals surface area contributed by atoms with Crippen LogP contribution >= 0.6 is 11.6 Å². The highest BCUT2D eigenvalue weighted by Crippen LogP contribution is 2.27. The van der Waals surface area contributed by atoms with Crippen LogP contribution in [0, 0.1) is 5.82 Å². The lowest BCUT2D eigenvalue weighted by molar-refractivity contribution is 0.166. The predicted octanol–water partition coefficient (Wildman–Crippen LogP) is 3.20. The summed E-state index contributed by atoms with van der Waals surface area (Å²) in [6.45, 7) is 3.18. The summed E-state index contributed by atoms with van der Waals surface area (Å²) in [7, 11) is 0. The summed E-state index contributed by atoms with van der Waals surface area (Å²) in [5.41, 5.74) is 0.929. The lowest BCUT2D eigenvalue weighted by atomic mass is 9.97. The molecule has 0 aromatic heterocycles. The fourth-order valence-corrected chi connectivity index (χ4v) is 3.63. The van der Waals surface area contributed by atoms with Gasteiger partial charge in [0, 0.05) is 23.7 Å². The molecule has 2 nitrogen and oxygen atoms in total. The van der Waals surface area contributed by atoms with Crippen molar-refractivity contribution in [1.29, 1.82) is 0 Å². The fraction of sp³-hybridized carbons (Fsp3) is 0.600. The Morgan fingerprint density at radius 3 is 3.00 bits per heavy atom. The van der Waals surface area contributed by atoms with Crippen LogP contribution in [-0.2, 0) is 6.54 Å². The molecule has 2 aliphatic heterocycles. The molecule has 0 bridgehead atoms. The number of nitrogens with zero attached hydrogens (tertiary/aromatic N) is 1. The van der Waals surface area contributed by atoms with Gasteiger partial charge in [0.25, 0.3) is 0 Å². The van der Waals surface area contributed by atoms with Crippen LogP contribution in [0.4, 0.5) is 4.39 Å². The minimum Gasteiger partial charge on any atom is -0.310 e. The van der Waals surface area contributed by atoms with Crippen molar-refractivity contribution in [2.24, 2.45) is 0 Å². The molecule has 2 aliphatic rings. The highest BCUT2D eigenvalue weighted by atomic mass is 35.5. The van der Waals surface area contributed by atoms with Crippen molar-refractivity contribution in [1.82, 2.24) is 10.2 Å². The zero-order valence-electron chi connectivity index (χ0n) is 11.0. The summed E-state index contributed by atoms with van der Waals surface area (Å²) < 4.78 is 13.3. The van der Waals surface area contributed by atoms with Crippen molar-refractivity contribution in [3.05, 3.63) is 34.6 Å². The number of benzene rings is 1. The highest BCUT2D eigenvalue weighted by Gasteiger charge is 2.31. The van der Waals surface area contributed by atoms with Gasteiger partial charge in [0.05, 0.1) is 0 Å². The van der Waals surface area contributed by atoms with Crippen LogP contribution in [0.3, 0.4) is 0 Å². The van der Waals surface area contributed by atoms with Gasteiger partial charge in [-0.05, 0) is 62.5 Å². The smallest absolute Gasteiger partial charge is 0.125 e. The topological polar surface area (TPSA) is 15.3 Å². The number of piperidine rings is 1. The van der Waals surface area contributed by atoms with Crippen LogP contribution in [0.15, 0.2) is 18.2 Å². The average molecular weight is 283 g/mol. The molecule has 1 aromatic rings. The van der Waals surface area contributed by atoms with E-state index in [1.165, 1.54) is 44.8 Å². The zero-order chi connectivity index (χ0) is 13.2. The second-order valence-electron chi connectivity index (χ2n) is 5.71. The van der Waals surface area contributed by atoms with E-state index in [4.69, 9.17) is 11.6 Å². The molecular formula is C15H20ClFN2. The molecule has 19 heavy (non-hydrogen) atoms. The Morgan fingerprint density at radius 1 is 1.26 bits per heavy atom. The highest BCUT2D eigenvalue weighted by molar-refractivity contribution is 6.30. The third-order valence-corrected chi connectivity index (χ3v) is 4.56. The summed E-state index contributed by atoms with van der Waals surface area (Å²) in [5, 5.41) is 4.03. The van der Waals surface area contributed by atoms with Crippen molar-refractivity contribution in [3.63, 3.8) is 0 Å². The van der Waals surface area contributed by atoms with Crippen LogP contribution < -0.4 is 5.32 Å².